The summed E-state index contributed by atoms with van der Waals surface area (Å²) in [5.41, 5.74) is 4.12. The van der Waals surface area contributed by atoms with Crippen LogP contribution in [0, 0.1) is 12.7 Å². The lowest BCUT2D eigenvalue weighted by molar-refractivity contribution is 0.626. The van der Waals surface area contributed by atoms with E-state index in [0.717, 1.165) is 27.8 Å². The Morgan fingerprint density at radius 3 is 2.41 bits per heavy atom. The highest BCUT2D eigenvalue weighted by Gasteiger charge is 2.16. The summed E-state index contributed by atoms with van der Waals surface area (Å²) in [6.45, 7) is 2.06. The molecule has 0 bridgehead atoms. The number of aryl methyl sites for hydroxylation is 1. The number of aromatic nitrogens is 3. The third kappa shape index (κ3) is 3.93. The molecule has 0 aliphatic carbocycles. The highest BCUT2D eigenvalue weighted by Crippen LogP contribution is 2.29. The summed E-state index contributed by atoms with van der Waals surface area (Å²) in [7, 11) is 0. The molecule has 1 heterocycles. The van der Waals surface area contributed by atoms with Crippen LogP contribution in [0.4, 0.5) is 4.39 Å². The fourth-order valence-electron chi connectivity index (χ4n) is 2.84. The van der Waals surface area contributed by atoms with Crippen molar-refractivity contribution in [3.05, 3.63) is 95.8 Å². The van der Waals surface area contributed by atoms with Crippen molar-refractivity contribution in [2.45, 2.75) is 17.8 Å². The summed E-state index contributed by atoms with van der Waals surface area (Å²) in [6, 6.07) is 24.9. The molecule has 1 aromatic heterocycles. The average molecular weight is 375 g/mol. The standard InChI is InChI=1S/C22H18FN3S/c1-16-10-12-20(13-11-16)26-21(18-7-3-2-4-8-18)24-25-22(26)27-15-17-6-5-9-19(23)14-17/h2-14H,15H2,1H3. The van der Waals surface area contributed by atoms with Gasteiger partial charge >= 0.3 is 0 Å². The van der Waals surface area contributed by atoms with E-state index in [9.17, 15) is 4.39 Å². The lowest BCUT2D eigenvalue weighted by Crippen LogP contribution is -2.00. The van der Waals surface area contributed by atoms with E-state index in [1.165, 1.54) is 11.6 Å². The van der Waals surface area contributed by atoms with E-state index in [4.69, 9.17) is 0 Å². The maximum atomic E-state index is 13.5. The van der Waals surface area contributed by atoms with Crippen LogP contribution >= 0.6 is 11.8 Å². The zero-order valence-corrected chi connectivity index (χ0v) is 15.7. The van der Waals surface area contributed by atoms with Gasteiger partial charge in [-0.3, -0.25) is 4.57 Å². The van der Waals surface area contributed by atoms with Crippen LogP contribution in [0.1, 0.15) is 11.1 Å². The van der Waals surface area contributed by atoms with Crippen LogP contribution in [-0.4, -0.2) is 14.8 Å². The monoisotopic (exact) mass is 375 g/mol. The molecule has 0 fully saturated rings. The summed E-state index contributed by atoms with van der Waals surface area (Å²) in [5.74, 6) is 1.19. The number of nitrogens with zero attached hydrogens (tertiary/aromatic N) is 3. The summed E-state index contributed by atoms with van der Waals surface area (Å²) >= 11 is 1.55. The summed E-state index contributed by atoms with van der Waals surface area (Å²) in [5, 5.41) is 9.62. The topological polar surface area (TPSA) is 30.7 Å². The van der Waals surface area contributed by atoms with E-state index < -0.39 is 0 Å². The summed E-state index contributed by atoms with van der Waals surface area (Å²) in [6.07, 6.45) is 0. The van der Waals surface area contributed by atoms with Crippen molar-refractivity contribution in [2.75, 3.05) is 0 Å². The van der Waals surface area contributed by atoms with Gasteiger partial charge in [0.2, 0.25) is 0 Å². The minimum atomic E-state index is -0.224. The zero-order valence-electron chi connectivity index (χ0n) is 14.8. The van der Waals surface area contributed by atoms with Gasteiger partial charge in [-0.25, -0.2) is 4.39 Å². The molecule has 3 nitrogen and oxygen atoms in total. The smallest absolute Gasteiger partial charge is 0.196 e. The van der Waals surface area contributed by atoms with Crippen molar-refractivity contribution in [1.82, 2.24) is 14.8 Å². The normalized spacial score (nSPS) is 10.9. The number of hydrogen-bond acceptors (Lipinski definition) is 3. The molecule has 0 amide bonds. The Labute approximate surface area is 161 Å². The van der Waals surface area contributed by atoms with Gasteiger partial charge in [-0.2, -0.15) is 0 Å². The van der Waals surface area contributed by atoms with Gasteiger partial charge in [0.15, 0.2) is 11.0 Å². The molecule has 27 heavy (non-hydrogen) atoms. The van der Waals surface area contributed by atoms with E-state index >= 15 is 0 Å². The second-order valence-electron chi connectivity index (χ2n) is 6.26. The van der Waals surface area contributed by atoms with Crippen LogP contribution in [0.15, 0.2) is 84.0 Å². The molecular weight excluding hydrogens is 357 g/mol. The highest BCUT2D eigenvalue weighted by atomic mass is 32.2. The van der Waals surface area contributed by atoms with Crippen LogP contribution in [0.5, 0.6) is 0 Å². The third-order valence-corrected chi connectivity index (χ3v) is 5.21. The van der Waals surface area contributed by atoms with Crippen molar-refractivity contribution < 1.29 is 4.39 Å². The van der Waals surface area contributed by atoms with E-state index in [1.54, 1.807) is 23.9 Å². The van der Waals surface area contributed by atoms with Crippen LogP contribution in [0.3, 0.4) is 0 Å². The van der Waals surface area contributed by atoms with Crippen molar-refractivity contribution in [3.8, 4) is 17.1 Å². The second kappa shape index (κ2) is 7.76. The van der Waals surface area contributed by atoms with Gasteiger partial charge in [0.1, 0.15) is 5.82 Å². The van der Waals surface area contributed by atoms with Crippen LogP contribution in [0.2, 0.25) is 0 Å². The first kappa shape index (κ1) is 17.5. The highest BCUT2D eigenvalue weighted by molar-refractivity contribution is 7.98. The van der Waals surface area contributed by atoms with E-state index in [2.05, 4.69) is 46.0 Å². The molecule has 0 spiro atoms. The first-order valence-electron chi connectivity index (χ1n) is 8.66. The number of rotatable bonds is 5. The Balaban J connectivity index is 1.73. The Morgan fingerprint density at radius 1 is 0.889 bits per heavy atom. The maximum Gasteiger partial charge on any atom is 0.196 e. The molecule has 0 aliphatic heterocycles. The van der Waals surface area contributed by atoms with Crippen molar-refractivity contribution in [2.24, 2.45) is 0 Å². The van der Waals surface area contributed by atoms with E-state index in [-0.39, 0.29) is 5.82 Å². The largest absolute Gasteiger partial charge is 0.270 e. The molecule has 134 valence electrons. The van der Waals surface area contributed by atoms with Gasteiger partial charge < -0.3 is 0 Å². The molecule has 0 N–H and O–H groups in total. The molecule has 4 aromatic rings. The van der Waals surface area contributed by atoms with Crippen molar-refractivity contribution in [1.29, 1.82) is 0 Å². The zero-order chi connectivity index (χ0) is 18.6. The second-order valence-corrected chi connectivity index (χ2v) is 7.20. The van der Waals surface area contributed by atoms with Crippen LogP contribution in [-0.2, 0) is 5.75 Å². The summed E-state index contributed by atoms with van der Waals surface area (Å²) < 4.78 is 15.5. The lowest BCUT2D eigenvalue weighted by Gasteiger charge is -2.11. The molecule has 0 radical (unpaired) electrons. The number of halogens is 1. The fourth-order valence-corrected chi connectivity index (χ4v) is 3.73. The molecule has 0 atom stereocenters. The Kier molecular flexibility index (Phi) is 5.03. The fraction of sp³-hybridized carbons (Fsp3) is 0.0909. The first-order chi connectivity index (χ1) is 13.2. The minimum absolute atomic E-state index is 0.224. The van der Waals surface area contributed by atoms with Gasteiger partial charge in [0.25, 0.3) is 0 Å². The van der Waals surface area contributed by atoms with Gasteiger partial charge in [-0.15, -0.1) is 10.2 Å². The molecule has 0 saturated carbocycles. The molecule has 0 saturated heterocycles. The van der Waals surface area contributed by atoms with Crippen molar-refractivity contribution >= 4 is 11.8 Å². The number of thioether (sulfide) groups is 1. The molecule has 3 aromatic carbocycles. The molecule has 5 heteroatoms. The van der Waals surface area contributed by atoms with Crippen LogP contribution in [0.25, 0.3) is 17.1 Å². The number of hydrogen-bond donors (Lipinski definition) is 0. The quantitative estimate of drug-likeness (QED) is 0.421. The average Bonchev–Trinajstić information content (AvgIpc) is 3.12. The molecule has 0 unspecified atom stereocenters. The van der Waals surface area contributed by atoms with Gasteiger partial charge in [0.05, 0.1) is 0 Å². The predicted octanol–water partition coefficient (Wildman–Crippen LogP) is 5.67. The third-order valence-electron chi connectivity index (χ3n) is 4.21. The van der Waals surface area contributed by atoms with E-state index in [0.29, 0.717) is 5.75 Å². The lowest BCUT2D eigenvalue weighted by atomic mass is 10.2. The van der Waals surface area contributed by atoms with Gasteiger partial charge in [-0.1, -0.05) is 71.9 Å². The van der Waals surface area contributed by atoms with Gasteiger partial charge in [0, 0.05) is 17.0 Å². The van der Waals surface area contributed by atoms with Crippen LogP contribution < -0.4 is 0 Å². The maximum absolute atomic E-state index is 13.5. The molecule has 4 rings (SSSR count). The predicted molar refractivity (Wildman–Crippen MR) is 107 cm³/mol. The Bertz CT molecular complexity index is 1040. The molecular formula is C22H18FN3S. The van der Waals surface area contributed by atoms with E-state index in [1.807, 2.05) is 36.4 Å². The van der Waals surface area contributed by atoms with Crippen molar-refractivity contribution in [3.63, 3.8) is 0 Å². The Morgan fingerprint density at radius 2 is 1.67 bits per heavy atom. The SMILES string of the molecule is Cc1ccc(-n2c(SCc3cccc(F)c3)nnc2-c2ccccc2)cc1. The molecule has 0 aliphatic rings. The summed E-state index contributed by atoms with van der Waals surface area (Å²) in [4.78, 5) is 0. The minimum Gasteiger partial charge on any atom is -0.270 e. The Hall–Kier alpha value is -2.92. The number of benzene rings is 3. The first-order valence-corrected chi connectivity index (χ1v) is 9.64. The van der Waals surface area contributed by atoms with Gasteiger partial charge in [-0.05, 0) is 36.8 Å².